The molecule has 1 aromatic rings. The highest BCUT2D eigenvalue weighted by atomic mass is 16.7. The largest absolute Gasteiger partial charge is 0.396 e. The topological polar surface area (TPSA) is 69.1 Å². The van der Waals surface area contributed by atoms with Gasteiger partial charge in [0.05, 0.1) is 25.4 Å². The molecule has 2 aliphatic heterocycles. The van der Waals surface area contributed by atoms with E-state index < -0.39 is 0 Å². The summed E-state index contributed by atoms with van der Waals surface area (Å²) >= 11 is 0. The summed E-state index contributed by atoms with van der Waals surface area (Å²) in [5, 5.41) is 4.14. The van der Waals surface area contributed by atoms with Gasteiger partial charge in [0.1, 0.15) is 6.61 Å². The normalized spacial score (nSPS) is 21.0. The molecule has 1 aromatic heterocycles. The number of aryl methyl sites for hydroxylation is 1. The van der Waals surface area contributed by atoms with Crippen molar-refractivity contribution in [3.05, 3.63) is 18.0 Å². The van der Waals surface area contributed by atoms with Crippen LogP contribution in [0.3, 0.4) is 0 Å². The average Bonchev–Trinajstić information content (AvgIpc) is 2.54. The van der Waals surface area contributed by atoms with Gasteiger partial charge in [0, 0.05) is 25.4 Å². The molecule has 1 unspecified atom stereocenters. The van der Waals surface area contributed by atoms with Crippen molar-refractivity contribution in [3.63, 3.8) is 0 Å². The molecule has 2 aliphatic rings. The first-order chi connectivity index (χ1) is 11.3. The van der Waals surface area contributed by atoms with Crippen LogP contribution in [0.1, 0.15) is 31.2 Å². The molecule has 7 nitrogen and oxygen atoms in total. The van der Waals surface area contributed by atoms with E-state index >= 15 is 0 Å². The molecule has 7 heteroatoms. The van der Waals surface area contributed by atoms with Gasteiger partial charge >= 0.3 is 0 Å². The van der Waals surface area contributed by atoms with Crippen LogP contribution in [0, 0.1) is 6.92 Å². The second kappa shape index (κ2) is 8.21. The summed E-state index contributed by atoms with van der Waals surface area (Å²) in [6.07, 6.45) is 7.78. The molecule has 0 spiro atoms. The fraction of sp³-hybridized carbons (Fsp3) is 0.688. The lowest BCUT2D eigenvalue weighted by Crippen LogP contribution is -2.48. The summed E-state index contributed by atoms with van der Waals surface area (Å²) in [4.78, 5) is 16.0. The van der Waals surface area contributed by atoms with Crippen LogP contribution in [0.4, 0.5) is 5.95 Å². The van der Waals surface area contributed by atoms with Crippen LogP contribution < -0.4 is 4.90 Å². The van der Waals surface area contributed by atoms with Crippen molar-refractivity contribution in [2.75, 3.05) is 37.8 Å². The Kier molecular flexibility index (Phi) is 5.76. The molecule has 0 bridgehead atoms. The van der Waals surface area contributed by atoms with E-state index in [-0.39, 0.29) is 6.29 Å². The fourth-order valence-corrected chi connectivity index (χ4v) is 2.46. The predicted octanol–water partition coefficient (Wildman–Crippen LogP) is 1.91. The van der Waals surface area contributed by atoms with Crippen LogP contribution in [-0.2, 0) is 14.3 Å². The number of nitrogens with zero attached hydrogens (tertiary/aromatic N) is 4. The monoisotopic (exact) mass is 320 g/mol. The Bertz CT molecular complexity index is 507. The maximum Gasteiger partial charge on any atom is 0.225 e. The highest BCUT2D eigenvalue weighted by molar-refractivity contribution is 5.98. The minimum atomic E-state index is -0.0234. The Hall–Kier alpha value is -1.73. The molecule has 3 heterocycles. The molecule has 0 aromatic carbocycles. The summed E-state index contributed by atoms with van der Waals surface area (Å²) < 4.78 is 11.1. The first-order valence-electron chi connectivity index (χ1n) is 8.26. The molecule has 0 amide bonds. The molecular formula is C16H24N4O3. The Balaban J connectivity index is 1.25. The van der Waals surface area contributed by atoms with Gasteiger partial charge in [-0.15, -0.1) is 0 Å². The standard InChI is InChI=1S/C16H24N4O3/c1-13-9-17-16(18-10-13)20-11-14(12-20)19-23-8-4-7-22-15-5-2-3-6-21-15/h9-10,15H,2-8,11-12H2,1H3. The van der Waals surface area contributed by atoms with Gasteiger partial charge in [-0.05, 0) is 31.7 Å². The zero-order valence-electron chi connectivity index (χ0n) is 13.6. The molecule has 1 atom stereocenters. The molecule has 126 valence electrons. The second-order valence-electron chi connectivity index (χ2n) is 5.93. The van der Waals surface area contributed by atoms with Gasteiger partial charge in [-0.1, -0.05) is 5.16 Å². The summed E-state index contributed by atoms with van der Waals surface area (Å²) in [5.41, 5.74) is 2.08. The van der Waals surface area contributed by atoms with E-state index in [1.165, 1.54) is 6.42 Å². The third kappa shape index (κ3) is 4.87. The zero-order valence-corrected chi connectivity index (χ0v) is 13.6. The van der Waals surface area contributed by atoms with Gasteiger partial charge in [0.15, 0.2) is 6.29 Å². The fourth-order valence-electron chi connectivity index (χ4n) is 2.46. The average molecular weight is 320 g/mol. The van der Waals surface area contributed by atoms with Gasteiger partial charge in [-0.2, -0.15) is 0 Å². The van der Waals surface area contributed by atoms with Crippen LogP contribution >= 0.6 is 0 Å². The third-order valence-electron chi connectivity index (χ3n) is 3.81. The van der Waals surface area contributed by atoms with Gasteiger partial charge in [0.2, 0.25) is 5.95 Å². The van der Waals surface area contributed by atoms with Crippen LogP contribution in [0.25, 0.3) is 0 Å². The van der Waals surface area contributed by atoms with Crippen molar-refractivity contribution in [2.24, 2.45) is 5.16 Å². The maximum atomic E-state index is 5.64. The first-order valence-corrected chi connectivity index (χ1v) is 8.26. The van der Waals surface area contributed by atoms with Crippen LogP contribution in [0.5, 0.6) is 0 Å². The second-order valence-corrected chi connectivity index (χ2v) is 5.93. The Labute approximate surface area is 136 Å². The number of hydrogen-bond acceptors (Lipinski definition) is 7. The Morgan fingerprint density at radius 2 is 2.09 bits per heavy atom. The van der Waals surface area contributed by atoms with E-state index in [9.17, 15) is 0 Å². The number of hydrogen-bond donors (Lipinski definition) is 0. The summed E-state index contributed by atoms with van der Waals surface area (Å²) in [5.74, 6) is 0.746. The van der Waals surface area contributed by atoms with Crippen LogP contribution in [0.2, 0.25) is 0 Å². The molecule has 0 radical (unpaired) electrons. The van der Waals surface area contributed by atoms with Gasteiger partial charge in [0.25, 0.3) is 0 Å². The highest BCUT2D eigenvalue weighted by Gasteiger charge is 2.24. The number of ether oxygens (including phenoxy) is 2. The van der Waals surface area contributed by atoms with Crippen molar-refractivity contribution in [2.45, 2.75) is 38.9 Å². The van der Waals surface area contributed by atoms with Gasteiger partial charge < -0.3 is 19.2 Å². The van der Waals surface area contributed by atoms with Gasteiger partial charge in [-0.3, -0.25) is 0 Å². The van der Waals surface area contributed by atoms with Crippen molar-refractivity contribution in [3.8, 4) is 0 Å². The molecular weight excluding hydrogens is 296 g/mol. The number of rotatable bonds is 7. The first kappa shape index (κ1) is 16.1. The summed E-state index contributed by atoms with van der Waals surface area (Å²) in [6.45, 7) is 5.47. The molecule has 0 N–H and O–H groups in total. The van der Waals surface area contributed by atoms with E-state index in [0.717, 1.165) is 56.2 Å². The molecule has 23 heavy (non-hydrogen) atoms. The quantitative estimate of drug-likeness (QED) is 0.565. The minimum absolute atomic E-state index is 0.0234. The molecule has 0 aliphatic carbocycles. The smallest absolute Gasteiger partial charge is 0.225 e. The van der Waals surface area contributed by atoms with E-state index in [2.05, 4.69) is 20.0 Å². The SMILES string of the molecule is Cc1cnc(N2CC(=NOCCCOC3CCCCO3)C2)nc1. The van der Waals surface area contributed by atoms with E-state index in [4.69, 9.17) is 14.3 Å². The number of aromatic nitrogens is 2. The summed E-state index contributed by atoms with van der Waals surface area (Å²) in [7, 11) is 0. The van der Waals surface area contributed by atoms with E-state index in [1.54, 1.807) is 0 Å². The van der Waals surface area contributed by atoms with Gasteiger partial charge in [-0.25, -0.2) is 9.97 Å². The zero-order chi connectivity index (χ0) is 15.9. The molecule has 0 saturated carbocycles. The third-order valence-corrected chi connectivity index (χ3v) is 3.81. The van der Waals surface area contributed by atoms with E-state index in [0.29, 0.717) is 13.2 Å². The van der Waals surface area contributed by atoms with Crippen LogP contribution in [0.15, 0.2) is 17.5 Å². The lowest BCUT2D eigenvalue weighted by molar-refractivity contribution is -0.164. The predicted molar refractivity (Wildman–Crippen MR) is 86.5 cm³/mol. The van der Waals surface area contributed by atoms with Crippen molar-refractivity contribution in [1.29, 1.82) is 0 Å². The molecule has 2 saturated heterocycles. The van der Waals surface area contributed by atoms with Crippen molar-refractivity contribution < 1.29 is 14.3 Å². The van der Waals surface area contributed by atoms with Crippen molar-refractivity contribution in [1.82, 2.24) is 9.97 Å². The van der Waals surface area contributed by atoms with E-state index in [1.807, 2.05) is 19.3 Å². The summed E-state index contributed by atoms with van der Waals surface area (Å²) in [6, 6.07) is 0. The number of oxime groups is 1. The molecule has 3 rings (SSSR count). The number of anilines is 1. The highest BCUT2D eigenvalue weighted by Crippen LogP contribution is 2.15. The van der Waals surface area contributed by atoms with Crippen LogP contribution in [-0.4, -0.2) is 54.9 Å². The van der Waals surface area contributed by atoms with Crippen molar-refractivity contribution >= 4 is 11.7 Å². The Morgan fingerprint density at radius 3 is 2.83 bits per heavy atom. The Morgan fingerprint density at radius 1 is 1.26 bits per heavy atom. The lowest BCUT2D eigenvalue weighted by atomic mass is 10.2. The lowest BCUT2D eigenvalue weighted by Gasteiger charge is -2.31. The maximum absolute atomic E-state index is 5.64. The minimum Gasteiger partial charge on any atom is -0.396 e. The molecule has 2 fully saturated rings.